The first-order valence-corrected chi connectivity index (χ1v) is 11.8. The zero-order valence-corrected chi connectivity index (χ0v) is 19.3. The van der Waals surface area contributed by atoms with Gasteiger partial charge in [-0.25, -0.2) is 15.4 Å². The second-order valence-electron chi connectivity index (χ2n) is 9.19. The Morgan fingerprint density at radius 1 is 1.06 bits per heavy atom. The maximum Gasteiger partial charge on any atom is 0.277 e. The smallest absolute Gasteiger partial charge is 0.277 e. The van der Waals surface area contributed by atoms with Gasteiger partial charge >= 0.3 is 0 Å². The Labute approximate surface area is 203 Å². The number of aliphatic imine (C=N–C) groups is 1. The average Bonchev–Trinajstić information content (AvgIpc) is 3.32. The van der Waals surface area contributed by atoms with Crippen molar-refractivity contribution in [2.75, 3.05) is 18.4 Å². The highest BCUT2D eigenvalue weighted by molar-refractivity contribution is 6.02. The summed E-state index contributed by atoms with van der Waals surface area (Å²) in [5, 5.41) is 12.3. The molecule has 3 aliphatic rings. The normalized spacial score (nSPS) is 22.3. The number of fused-ring (bicyclic) bond motifs is 1. The zero-order chi connectivity index (χ0) is 24.3. The number of amides is 2. The van der Waals surface area contributed by atoms with Crippen molar-refractivity contribution in [3.63, 3.8) is 0 Å². The molecule has 180 valence electrons. The monoisotopic (exact) mass is 472 g/mol. The molecular formula is C26H28N6O3. The van der Waals surface area contributed by atoms with Crippen molar-refractivity contribution in [2.45, 2.75) is 37.3 Å². The van der Waals surface area contributed by atoms with Gasteiger partial charge < -0.3 is 10.2 Å². The predicted molar refractivity (Wildman–Crippen MR) is 131 cm³/mol. The minimum absolute atomic E-state index is 0.118. The number of hydrogen-bond donors (Lipinski definition) is 3. The number of benzene rings is 1. The minimum Gasteiger partial charge on any atom is -0.345 e. The molecule has 2 aromatic rings. The number of aromatic nitrogens is 2. The van der Waals surface area contributed by atoms with Crippen LogP contribution in [-0.4, -0.2) is 56.7 Å². The first-order valence-electron chi connectivity index (χ1n) is 11.8. The van der Waals surface area contributed by atoms with Gasteiger partial charge in [0.05, 0.1) is 23.6 Å². The van der Waals surface area contributed by atoms with Crippen molar-refractivity contribution < 1.29 is 14.8 Å². The number of nitrogens with one attached hydrogen (secondary N) is 2. The number of carbonyl (C=O) groups is 2. The van der Waals surface area contributed by atoms with Crippen molar-refractivity contribution in [3.8, 4) is 0 Å². The average molecular weight is 473 g/mol. The summed E-state index contributed by atoms with van der Waals surface area (Å²) in [5.74, 6) is 0.216. The van der Waals surface area contributed by atoms with Gasteiger partial charge in [0.25, 0.3) is 5.91 Å². The van der Waals surface area contributed by atoms with Gasteiger partial charge in [-0.1, -0.05) is 54.6 Å². The van der Waals surface area contributed by atoms with E-state index in [1.54, 1.807) is 5.48 Å². The number of likely N-dealkylation sites (tertiary alicyclic amines) is 1. The number of hydrogen-bond acceptors (Lipinski definition) is 7. The van der Waals surface area contributed by atoms with Crippen molar-refractivity contribution in [3.05, 3.63) is 78.2 Å². The maximum atomic E-state index is 13.1. The van der Waals surface area contributed by atoms with Crippen molar-refractivity contribution in [1.29, 1.82) is 0 Å². The first kappa shape index (κ1) is 22.9. The van der Waals surface area contributed by atoms with E-state index in [2.05, 4.69) is 45.6 Å². The van der Waals surface area contributed by atoms with Gasteiger partial charge in [-0.15, -0.1) is 0 Å². The highest BCUT2D eigenvalue weighted by Gasteiger charge is 2.38. The summed E-state index contributed by atoms with van der Waals surface area (Å²) in [6.07, 6.45) is 13.7. The number of hydroxylamine groups is 1. The van der Waals surface area contributed by atoms with Gasteiger partial charge in [0.1, 0.15) is 0 Å². The van der Waals surface area contributed by atoms with Crippen LogP contribution in [0.2, 0.25) is 0 Å². The molecule has 3 heterocycles. The van der Waals surface area contributed by atoms with E-state index < -0.39 is 11.4 Å². The summed E-state index contributed by atoms with van der Waals surface area (Å²) in [6.45, 7) is 1.21. The van der Waals surface area contributed by atoms with E-state index in [9.17, 15) is 9.59 Å². The second-order valence-corrected chi connectivity index (χ2v) is 9.19. The van der Waals surface area contributed by atoms with E-state index >= 15 is 0 Å². The highest BCUT2D eigenvalue weighted by atomic mass is 16.5. The van der Waals surface area contributed by atoms with Crippen LogP contribution in [0.3, 0.4) is 0 Å². The summed E-state index contributed by atoms with van der Waals surface area (Å²) >= 11 is 0. The lowest BCUT2D eigenvalue weighted by atomic mass is 9.80. The minimum atomic E-state index is -0.667. The number of allylic oxidation sites excluding steroid dienone is 2. The van der Waals surface area contributed by atoms with E-state index in [0.29, 0.717) is 44.2 Å². The molecule has 1 aromatic carbocycles. The van der Waals surface area contributed by atoms with Crippen LogP contribution in [0.5, 0.6) is 0 Å². The van der Waals surface area contributed by atoms with E-state index in [0.717, 1.165) is 17.7 Å². The number of carbonyl (C=O) groups excluding carboxylic acids is 2. The molecule has 35 heavy (non-hydrogen) atoms. The third kappa shape index (κ3) is 4.85. The third-order valence-corrected chi connectivity index (χ3v) is 7.04. The Morgan fingerprint density at radius 2 is 1.77 bits per heavy atom. The third-order valence-electron chi connectivity index (χ3n) is 7.04. The van der Waals surface area contributed by atoms with E-state index in [1.807, 2.05) is 29.2 Å². The Hall–Kier alpha value is -3.85. The van der Waals surface area contributed by atoms with Crippen LogP contribution in [-0.2, 0) is 10.3 Å². The Morgan fingerprint density at radius 3 is 2.46 bits per heavy atom. The fourth-order valence-electron chi connectivity index (χ4n) is 5.08. The van der Waals surface area contributed by atoms with Gasteiger partial charge in [-0.05, 0) is 24.8 Å². The molecule has 0 radical (unpaired) electrons. The molecule has 0 spiro atoms. The summed E-state index contributed by atoms with van der Waals surface area (Å²) < 4.78 is 0. The SMILES string of the molecule is O=C(NO)c1cnc(NC2(c3ccccc3)CCN(C(=O)CC3=NC4C=CC=CC4C3)CC2)nc1. The maximum absolute atomic E-state index is 13.1. The summed E-state index contributed by atoms with van der Waals surface area (Å²) in [5.41, 5.74) is 3.37. The largest absolute Gasteiger partial charge is 0.345 e. The highest BCUT2D eigenvalue weighted by Crippen LogP contribution is 2.36. The van der Waals surface area contributed by atoms with Gasteiger partial charge in [0, 0.05) is 37.1 Å². The molecule has 2 atom stereocenters. The molecule has 3 N–H and O–H groups in total. The number of piperidine rings is 1. The lowest BCUT2D eigenvalue weighted by Gasteiger charge is -2.43. The topological polar surface area (TPSA) is 120 Å². The van der Waals surface area contributed by atoms with E-state index in [1.165, 1.54) is 12.4 Å². The van der Waals surface area contributed by atoms with Crippen LogP contribution in [0.25, 0.3) is 0 Å². The van der Waals surface area contributed by atoms with Crippen molar-refractivity contribution >= 4 is 23.5 Å². The van der Waals surface area contributed by atoms with E-state index in [-0.39, 0.29) is 17.5 Å². The molecule has 9 heteroatoms. The number of rotatable bonds is 6. The number of nitrogens with zero attached hydrogens (tertiary/aromatic N) is 4. The lowest BCUT2D eigenvalue weighted by Crippen LogP contribution is -2.49. The molecular weight excluding hydrogens is 444 g/mol. The molecule has 5 rings (SSSR count). The molecule has 1 fully saturated rings. The van der Waals surface area contributed by atoms with Gasteiger partial charge in [-0.3, -0.25) is 19.8 Å². The first-order chi connectivity index (χ1) is 17.1. The van der Waals surface area contributed by atoms with Crippen LogP contribution in [0, 0.1) is 5.92 Å². The Kier molecular flexibility index (Phi) is 6.41. The molecule has 1 saturated heterocycles. The van der Waals surface area contributed by atoms with Crippen LogP contribution >= 0.6 is 0 Å². The molecule has 9 nitrogen and oxygen atoms in total. The summed E-state index contributed by atoms with van der Waals surface area (Å²) in [7, 11) is 0. The predicted octanol–water partition coefficient (Wildman–Crippen LogP) is 2.87. The molecule has 1 aromatic heterocycles. The van der Waals surface area contributed by atoms with Crippen molar-refractivity contribution in [2.24, 2.45) is 10.9 Å². The zero-order valence-electron chi connectivity index (χ0n) is 19.3. The number of anilines is 1. The van der Waals surface area contributed by atoms with Crippen LogP contribution in [0.4, 0.5) is 5.95 Å². The molecule has 2 unspecified atom stereocenters. The summed E-state index contributed by atoms with van der Waals surface area (Å²) in [4.78, 5) is 39.9. The quantitative estimate of drug-likeness (QED) is 0.439. The van der Waals surface area contributed by atoms with Gasteiger partial charge in [-0.2, -0.15) is 0 Å². The van der Waals surface area contributed by atoms with Crippen LogP contribution < -0.4 is 10.8 Å². The Bertz CT molecular complexity index is 1170. The lowest BCUT2D eigenvalue weighted by molar-refractivity contribution is -0.131. The molecule has 2 aliphatic heterocycles. The molecule has 2 amide bonds. The van der Waals surface area contributed by atoms with Gasteiger partial charge in [0.15, 0.2) is 0 Å². The summed E-state index contributed by atoms with van der Waals surface area (Å²) in [6, 6.07) is 10.3. The fraction of sp³-hybridized carbons (Fsp3) is 0.346. The standard InChI is InChI=1S/C26H28N6O3/c33-23(15-21-14-18-6-4-5-9-22(18)29-21)32-12-10-26(11-13-32,20-7-2-1-3-8-20)30-25-27-16-19(17-28-25)24(34)31-35/h1-9,16-18,22,35H,10-15H2,(H,31,34)(H,27,28,30). The Balaban J connectivity index is 1.27. The fourth-order valence-corrected chi connectivity index (χ4v) is 5.08. The molecule has 0 saturated carbocycles. The van der Waals surface area contributed by atoms with E-state index in [4.69, 9.17) is 10.2 Å². The molecule has 0 bridgehead atoms. The van der Waals surface area contributed by atoms with Crippen LogP contribution in [0.15, 0.2) is 72.0 Å². The molecule has 1 aliphatic carbocycles. The van der Waals surface area contributed by atoms with Crippen molar-refractivity contribution in [1.82, 2.24) is 20.3 Å². The van der Waals surface area contributed by atoms with Crippen LogP contribution in [0.1, 0.15) is 41.6 Å². The second kappa shape index (κ2) is 9.79. The van der Waals surface area contributed by atoms with Gasteiger partial charge in [0.2, 0.25) is 11.9 Å².